The average molecular weight is 253 g/mol. The lowest BCUT2D eigenvalue weighted by Crippen LogP contribution is -2.33. The van der Waals surface area contributed by atoms with Gasteiger partial charge in [0.2, 0.25) is 0 Å². The Kier molecular flexibility index (Phi) is 3.36. The molecule has 17 heavy (non-hydrogen) atoms. The first-order chi connectivity index (χ1) is 8.33. The lowest BCUT2D eigenvalue weighted by molar-refractivity contribution is 0.0275. The largest absolute Gasteiger partial charge is 0.371 e. The van der Waals surface area contributed by atoms with E-state index in [1.807, 2.05) is 12.1 Å². The van der Waals surface area contributed by atoms with E-state index in [4.69, 9.17) is 4.74 Å². The summed E-state index contributed by atoms with van der Waals surface area (Å²) < 4.78 is 19.5. The number of hydrogen-bond donors (Lipinski definition) is 1. The van der Waals surface area contributed by atoms with Crippen LogP contribution >= 0.6 is 11.8 Å². The highest BCUT2D eigenvalue weighted by atomic mass is 32.2. The molecule has 1 aliphatic carbocycles. The standard InChI is InChI=1S/C13H16FNOS/c14-11-7-9(12-8-15-5-6-16-12)1-4-13(11)17-10-2-3-10/h1,4,7,10,12,15H,2-3,5-6,8H2. The fourth-order valence-electron chi connectivity index (χ4n) is 1.96. The molecule has 0 radical (unpaired) electrons. The van der Waals surface area contributed by atoms with E-state index in [1.54, 1.807) is 17.8 Å². The molecule has 1 aromatic rings. The van der Waals surface area contributed by atoms with E-state index in [0.717, 1.165) is 23.5 Å². The third kappa shape index (κ3) is 2.81. The predicted octanol–water partition coefficient (Wildman–Crippen LogP) is 2.74. The predicted molar refractivity (Wildman–Crippen MR) is 66.8 cm³/mol. The first-order valence-corrected chi connectivity index (χ1v) is 6.99. The molecule has 0 amide bonds. The molecule has 0 aromatic heterocycles. The maximum atomic E-state index is 13.9. The fraction of sp³-hybridized carbons (Fsp3) is 0.538. The Morgan fingerprint density at radius 1 is 1.35 bits per heavy atom. The summed E-state index contributed by atoms with van der Waals surface area (Å²) in [6.07, 6.45) is 2.45. The van der Waals surface area contributed by atoms with Crippen LogP contribution in [0, 0.1) is 5.82 Å². The van der Waals surface area contributed by atoms with Gasteiger partial charge in [-0.3, -0.25) is 0 Å². The molecule has 2 nitrogen and oxygen atoms in total. The van der Waals surface area contributed by atoms with Crippen molar-refractivity contribution in [3.8, 4) is 0 Å². The van der Waals surface area contributed by atoms with Crippen molar-refractivity contribution in [2.45, 2.75) is 29.1 Å². The third-order valence-electron chi connectivity index (χ3n) is 3.07. The molecule has 1 atom stereocenters. The number of morpholine rings is 1. The third-order valence-corrected chi connectivity index (χ3v) is 4.46. The summed E-state index contributed by atoms with van der Waals surface area (Å²) in [4.78, 5) is 0.778. The van der Waals surface area contributed by atoms with Crippen LogP contribution in [0.5, 0.6) is 0 Å². The van der Waals surface area contributed by atoms with Gasteiger partial charge < -0.3 is 10.1 Å². The highest BCUT2D eigenvalue weighted by molar-refractivity contribution is 8.00. The fourth-order valence-corrected chi connectivity index (χ4v) is 3.01. The van der Waals surface area contributed by atoms with Crippen LogP contribution in [0.3, 0.4) is 0 Å². The molecule has 1 saturated heterocycles. The molecular formula is C13H16FNOS. The summed E-state index contributed by atoms with van der Waals surface area (Å²) in [5, 5.41) is 3.90. The van der Waals surface area contributed by atoms with Crippen molar-refractivity contribution >= 4 is 11.8 Å². The zero-order valence-corrected chi connectivity index (χ0v) is 10.4. The van der Waals surface area contributed by atoms with Gasteiger partial charge >= 0.3 is 0 Å². The molecule has 1 aromatic carbocycles. The number of ether oxygens (including phenoxy) is 1. The van der Waals surface area contributed by atoms with Gasteiger partial charge in [-0.1, -0.05) is 6.07 Å². The zero-order chi connectivity index (χ0) is 11.7. The van der Waals surface area contributed by atoms with Crippen molar-refractivity contribution in [3.63, 3.8) is 0 Å². The van der Waals surface area contributed by atoms with Crippen LogP contribution in [-0.2, 0) is 4.74 Å². The minimum Gasteiger partial charge on any atom is -0.371 e. The molecule has 1 aliphatic heterocycles. The van der Waals surface area contributed by atoms with Crippen molar-refractivity contribution in [2.24, 2.45) is 0 Å². The molecular weight excluding hydrogens is 237 g/mol. The second-order valence-corrected chi connectivity index (χ2v) is 5.91. The second-order valence-electron chi connectivity index (χ2n) is 4.57. The molecule has 1 N–H and O–H groups in total. The van der Waals surface area contributed by atoms with E-state index in [2.05, 4.69) is 5.32 Å². The lowest BCUT2D eigenvalue weighted by atomic mass is 10.1. The Morgan fingerprint density at radius 2 is 2.24 bits per heavy atom. The summed E-state index contributed by atoms with van der Waals surface area (Å²) in [5.74, 6) is -0.103. The SMILES string of the molecule is Fc1cc(C2CNCCO2)ccc1SC1CC1. The quantitative estimate of drug-likeness (QED) is 0.895. The minimum atomic E-state index is -0.103. The van der Waals surface area contributed by atoms with Crippen molar-refractivity contribution in [1.29, 1.82) is 0 Å². The first-order valence-electron chi connectivity index (χ1n) is 6.11. The highest BCUT2D eigenvalue weighted by Gasteiger charge is 2.24. The highest BCUT2D eigenvalue weighted by Crippen LogP contribution is 2.40. The first kappa shape index (κ1) is 11.5. The second kappa shape index (κ2) is 4.96. The van der Waals surface area contributed by atoms with E-state index in [1.165, 1.54) is 12.8 Å². The van der Waals surface area contributed by atoms with Crippen molar-refractivity contribution in [1.82, 2.24) is 5.32 Å². The molecule has 0 bridgehead atoms. The van der Waals surface area contributed by atoms with Crippen LogP contribution in [0.15, 0.2) is 23.1 Å². The van der Waals surface area contributed by atoms with Gasteiger partial charge in [-0.2, -0.15) is 0 Å². The molecule has 1 saturated carbocycles. The number of halogens is 1. The molecule has 1 unspecified atom stereocenters. The maximum Gasteiger partial charge on any atom is 0.137 e. The van der Waals surface area contributed by atoms with Crippen LogP contribution in [0.4, 0.5) is 4.39 Å². The van der Waals surface area contributed by atoms with Crippen LogP contribution in [0.2, 0.25) is 0 Å². The van der Waals surface area contributed by atoms with E-state index in [9.17, 15) is 4.39 Å². The molecule has 1 heterocycles. The van der Waals surface area contributed by atoms with Gasteiger partial charge in [0, 0.05) is 23.2 Å². The molecule has 2 fully saturated rings. The maximum absolute atomic E-state index is 13.9. The average Bonchev–Trinajstić information content (AvgIpc) is 3.17. The summed E-state index contributed by atoms with van der Waals surface area (Å²) in [6, 6.07) is 5.51. The number of hydrogen-bond acceptors (Lipinski definition) is 3. The van der Waals surface area contributed by atoms with Gasteiger partial charge in [0.15, 0.2) is 0 Å². The van der Waals surface area contributed by atoms with E-state index >= 15 is 0 Å². The molecule has 2 aliphatic rings. The van der Waals surface area contributed by atoms with Crippen molar-refractivity contribution in [2.75, 3.05) is 19.7 Å². The summed E-state index contributed by atoms with van der Waals surface area (Å²) in [7, 11) is 0. The monoisotopic (exact) mass is 253 g/mol. The van der Waals surface area contributed by atoms with Gasteiger partial charge in [-0.05, 0) is 30.5 Å². The number of nitrogens with one attached hydrogen (secondary N) is 1. The van der Waals surface area contributed by atoms with Gasteiger partial charge in [-0.25, -0.2) is 4.39 Å². The summed E-state index contributed by atoms with van der Waals surface area (Å²) >= 11 is 1.66. The van der Waals surface area contributed by atoms with E-state index < -0.39 is 0 Å². The Labute approximate surface area is 105 Å². The Balaban J connectivity index is 1.74. The molecule has 0 spiro atoms. The molecule has 3 rings (SSSR count). The van der Waals surface area contributed by atoms with Crippen molar-refractivity contribution in [3.05, 3.63) is 29.6 Å². The van der Waals surface area contributed by atoms with Gasteiger partial charge in [0.05, 0.1) is 12.7 Å². The lowest BCUT2D eigenvalue weighted by Gasteiger charge is -2.24. The van der Waals surface area contributed by atoms with Gasteiger partial charge in [0.25, 0.3) is 0 Å². The van der Waals surface area contributed by atoms with Crippen LogP contribution in [0.1, 0.15) is 24.5 Å². The smallest absolute Gasteiger partial charge is 0.137 e. The minimum absolute atomic E-state index is 0.00164. The van der Waals surface area contributed by atoms with Gasteiger partial charge in [0.1, 0.15) is 5.82 Å². The zero-order valence-electron chi connectivity index (χ0n) is 9.62. The van der Waals surface area contributed by atoms with Crippen LogP contribution < -0.4 is 5.32 Å². The Hall–Kier alpha value is -0.580. The number of thioether (sulfide) groups is 1. The number of rotatable bonds is 3. The topological polar surface area (TPSA) is 21.3 Å². The van der Waals surface area contributed by atoms with E-state index in [-0.39, 0.29) is 11.9 Å². The number of benzene rings is 1. The molecule has 92 valence electrons. The van der Waals surface area contributed by atoms with E-state index in [0.29, 0.717) is 11.9 Å². The van der Waals surface area contributed by atoms with Gasteiger partial charge in [-0.15, -0.1) is 11.8 Å². The van der Waals surface area contributed by atoms with Crippen LogP contribution in [-0.4, -0.2) is 24.9 Å². The van der Waals surface area contributed by atoms with Crippen LogP contribution in [0.25, 0.3) is 0 Å². The Bertz CT molecular complexity index is 402. The van der Waals surface area contributed by atoms with Crippen molar-refractivity contribution < 1.29 is 9.13 Å². The Morgan fingerprint density at radius 3 is 2.88 bits per heavy atom. The molecule has 4 heteroatoms. The normalized spacial score (nSPS) is 24.9. The summed E-state index contributed by atoms with van der Waals surface area (Å²) in [6.45, 7) is 2.36. The summed E-state index contributed by atoms with van der Waals surface area (Å²) in [5.41, 5.74) is 0.940.